The zero-order valence-electron chi connectivity index (χ0n) is 9.33. The Kier molecular flexibility index (Phi) is 3.26. The predicted molar refractivity (Wildman–Crippen MR) is 77.9 cm³/mol. The molecule has 6 heteroatoms. The smallest absolute Gasteiger partial charge is 0.207 e. The molecule has 1 aliphatic rings. The van der Waals surface area contributed by atoms with Crippen molar-refractivity contribution in [1.82, 2.24) is 9.55 Å². The van der Waals surface area contributed by atoms with Crippen LogP contribution in [0.4, 0.5) is 5.95 Å². The Bertz CT molecular complexity index is 593. The molecule has 0 spiro atoms. The topological polar surface area (TPSA) is 29.9 Å². The first-order valence-corrected chi connectivity index (χ1v) is 7.15. The molecule has 1 fully saturated rings. The van der Waals surface area contributed by atoms with E-state index in [0.717, 1.165) is 16.1 Å². The van der Waals surface area contributed by atoms with E-state index in [2.05, 4.69) is 26.2 Å². The fourth-order valence-corrected chi connectivity index (χ4v) is 2.58. The number of anilines is 1. The Hall–Kier alpha value is -0.710. The molecule has 0 amide bonds. The van der Waals surface area contributed by atoms with Crippen molar-refractivity contribution >= 4 is 45.1 Å². The van der Waals surface area contributed by atoms with Gasteiger partial charge in [0.1, 0.15) is 0 Å². The number of benzene rings is 1. The van der Waals surface area contributed by atoms with Crippen LogP contribution in [-0.4, -0.2) is 15.6 Å². The van der Waals surface area contributed by atoms with E-state index in [1.807, 2.05) is 22.9 Å². The van der Waals surface area contributed by atoms with Crippen LogP contribution in [0.3, 0.4) is 0 Å². The summed E-state index contributed by atoms with van der Waals surface area (Å²) < 4.78 is 2.70. The van der Waals surface area contributed by atoms with Gasteiger partial charge < -0.3 is 5.32 Å². The number of hydrogen-bond acceptors (Lipinski definition) is 2. The highest BCUT2D eigenvalue weighted by Crippen LogP contribution is 2.36. The molecule has 3 nitrogen and oxygen atoms in total. The molecule has 0 atom stereocenters. The standard InChI is InChI=1S/C12H10BrCl2N3/c13-8-3-4-9(11(15)10(8)14)18-6-5-16-12(18)17-7-1-2-7/h3-7H,1-2H2,(H,16,17). The van der Waals surface area contributed by atoms with Gasteiger partial charge >= 0.3 is 0 Å². The molecular formula is C12H10BrCl2N3. The van der Waals surface area contributed by atoms with Crippen molar-refractivity contribution in [3.63, 3.8) is 0 Å². The predicted octanol–water partition coefficient (Wildman–Crippen LogP) is 4.52. The number of nitrogens with one attached hydrogen (secondary N) is 1. The van der Waals surface area contributed by atoms with E-state index in [0.29, 0.717) is 16.1 Å². The van der Waals surface area contributed by atoms with E-state index < -0.39 is 0 Å². The highest BCUT2D eigenvalue weighted by Gasteiger charge is 2.23. The molecule has 1 aromatic heterocycles. The Morgan fingerprint density at radius 3 is 2.78 bits per heavy atom. The highest BCUT2D eigenvalue weighted by molar-refractivity contribution is 9.10. The third-order valence-electron chi connectivity index (χ3n) is 2.83. The summed E-state index contributed by atoms with van der Waals surface area (Å²) in [7, 11) is 0. The molecule has 1 aromatic carbocycles. The molecule has 3 rings (SSSR count). The molecule has 0 aliphatic heterocycles. The molecule has 0 bridgehead atoms. The monoisotopic (exact) mass is 345 g/mol. The first-order valence-electron chi connectivity index (χ1n) is 5.60. The van der Waals surface area contributed by atoms with Crippen LogP contribution in [0.2, 0.25) is 10.0 Å². The van der Waals surface area contributed by atoms with Crippen molar-refractivity contribution in [2.24, 2.45) is 0 Å². The lowest BCUT2D eigenvalue weighted by atomic mass is 10.3. The summed E-state index contributed by atoms with van der Waals surface area (Å²) in [5.74, 6) is 0.804. The van der Waals surface area contributed by atoms with E-state index in [-0.39, 0.29) is 0 Å². The molecular weight excluding hydrogens is 337 g/mol. The number of hydrogen-bond donors (Lipinski definition) is 1. The van der Waals surface area contributed by atoms with Gasteiger partial charge in [0.15, 0.2) is 0 Å². The first kappa shape index (κ1) is 12.3. The maximum absolute atomic E-state index is 6.28. The summed E-state index contributed by atoms with van der Waals surface area (Å²) in [6, 6.07) is 4.33. The molecule has 1 N–H and O–H groups in total. The summed E-state index contributed by atoms with van der Waals surface area (Å²) in [6.07, 6.45) is 6.01. The summed E-state index contributed by atoms with van der Waals surface area (Å²) in [6.45, 7) is 0. The first-order chi connectivity index (χ1) is 8.66. The van der Waals surface area contributed by atoms with Crippen molar-refractivity contribution < 1.29 is 0 Å². The fraction of sp³-hybridized carbons (Fsp3) is 0.250. The van der Waals surface area contributed by atoms with Crippen molar-refractivity contribution in [2.75, 3.05) is 5.32 Å². The van der Waals surface area contributed by atoms with Gasteiger partial charge in [-0.05, 0) is 40.9 Å². The van der Waals surface area contributed by atoms with Crippen LogP contribution in [-0.2, 0) is 0 Å². The maximum atomic E-state index is 6.28. The number of halogens is 3. The zero-order chi connectivity index (χ0) is 12.7. The zero-order valence-corrected chi connectivity index (χ0v) is 12.4. The minimum Gasteiger partial charge on any atom is -0.353 e. The van der Waals surface area contributed by atoms with E-state index in [1.165, 1.54) is 12.8 Å². The van der Waals surface area contributed by atoms with Gasteiger partial charge in [-0.1, -0.05) is 23.2 Å². The van der Waals surface area contributed by atoms with Gasteiger partial charge in [-0.3, -0.25) is 4.57 Å². The van der Waals surface area contributed by atoms with Crippen molar-refractivity contribution in [3.8, 4) is 5.69 Å². The molecule has 0 saturated heterocycles. The largest absolute Gasteiger partial charge is 0.353 e. The number of rotatable bonds is 3. The number of nitrogens with zero attached hydrogens (tertiary/aromatic N) is 2. The van der Waals surface area contributed by atoms with Crippen molar-refractivity contribution in [1.29, 1.82) is 0 Å². The van der Waals surface area contributed by atoms with Gasteiger partial charge in [0, 0.05) is 22.9 Å². The van der Waals surface area contributed by atoms with Crippen LogP contribution in [0.1, 0.15) is 12.8 Å². The van der Waals surface area contributed by atoms with Crippen molar-refractivity contribution in [2.45, 2.75) is 18.9 Å². The summed E-state index contributed by atoms with van der Waals surface area (Å²) in [5, 5.41) is 4.39. The molecule has 1 saturated carbocycles. The molecule has 0 unspecified atom stereocenters. The number of aromatic nitrogens is 2. The molecule has 18 heavy (non-hydrogen) atoms. The van der Waals surface area contributed by atoms with Crippen LogP contribution in [0, 0.1) is 0 Å². The van der Waals surface area contributed by atoms with Crippen LogP contribution in [0.5, 0.6) is 0 Å². The van der Waals surface area contributed by atoms with Gasteiger partial charge in [-0.25, -0.2) is 4.98 Å². The minimum atomic E-state index is 0.514. The SMILES string of the molecule is Clc1c(Br)ccc(-n2ccnc2NC2CC2)c1Cl. The Morgan fingerprint density at radius 1 is 1.28 bits per heavy atom. The second-order valence-electron chi connectivity index (χ2n) is 4.23. The maximum Gasteiger partial charge on any atom is 0.207 e. The molecule has 0 radical (unpaired) electrons. The lowest BCUT2D eigenvalue weighted by Crippen LogP contribution is -2.08. The average molecular weight is 347 g/mol. The second kappa shape index (κ2) is 4.76. The molecule has 1 aliphatic carbocycles. The number of imidazole rings is 1. The quantitative estimate of drug-likeness (QED) is 0.828. The summed E-state index contributed by atoms with van der Waals surface area (Å²) in [5.41, 5.74) is 0.825. The van der Waals surface area contributed by atoms with Crippen LogP contribution >= 0.6 is 39.1 Å². The highest BCUT2D eigenvalue weighted by atomic mass is 79.9. The average Bonchev–Trinajstić information content (AvgIpc) is 3.05. The molecule has 94 valence electrons. The van der Waals surface area contributed by atoms with Gasteiger partial charge in [0.2, 0.25) is 5.95 Å². The normalized spacial score (nSPS) is 14.8. The third-order valence-corrected chi connectivity index (χ3v) is 4.59. The fourth-order valence-electron chi connectivity index (χ4n) is 1.72. The molecule has 2 aromatic rings. The van der Waals surface area contributed by atoms with E-state index in [9.17, 15) is 0 Å². The van der Waals surface area contributed by atoms with Crippen LogP contribution in [0.25, 0.3) is 5.69 Å². The second-order valence-corrected chi connectivity index (χ2v) is 5.84. The lowest BCUT2D eigenvalue weighted by molar-refractivity contribution is 1.00. The van der Waals surface area contributed by atoms with Gasteiger partial charge in [-0.2, -0.15) is 0 Å². The Balaban J connectivity index is 2.03. The Morgan fingerprint density at radius 2 is 2.06 bits per heavy atom. The Labute approximate surface area is 123 Å². The van der Waals surface area contributed by atoms with E-state index in [4.69, 9.17) is 23.2 Å². The minimum absolute atomic E-state index is 0.514. The van der Waals surface area contributed by atoms with E-state index >= 15 is 0 Å². The van der Waals surface area contributed by atoms with Gasteiger partial charge in [0.25, 0.3) is 0 Å². The summed E-state index contributed by atoms with van der Waals surface area (Å²) in [4.78, 5) is 4.30. The van der Waals surface area contributed by atoms with Crippen molar-refractivity contribution in [3.05, 3.63) is 39.0 Å². The van der Waals surface area contributed by atoms with Gasteiger partial charge in [0.05, 0.1) is 15.7 Å². The molecule has 1 heterocycles. The summed E-state index contributed by atoms with van der Waals surface area (Å²) >= 11 is 15.8. The van der Waals surface area contributed by atoms with Gasteiger partial charge in [-0.15, -0.1) is 0 Å². The van der Waals surface area contributed by atoms with Crippen LogP contribution in [0.15, 0.2) is 29.0 Å². The van der Waals surface area contributed by atoms with Crippen LogP contribution < -0.4 is 5.32 Å². The third kappa shape index (κ3) is 2.25. The lowest BCUT2D eigenvalue weighted by Gasteiger charge is -2.12. The van der Waals surface area contributed by atoms with E-state index in [1.54, 1.807) is 6.20 Å².